The highest BCUT2D eigenvalue weighted by Gasteiger charge is 2.20. The van der Waals surface area contributed by atoms with Crippen LogP contribution >= 0.6 is 15.9 Å². The quantitative estimate of drug-likeness (QED) is 0.617. The van der Waals surface area contributed by atoms with Crippen molar-refractivity contribution in [2.75, 3.05) is 33.5 Å². The molecule has 0 aliphatic heterocycles. The summed E-state index contributed by atoms with van der Waals surface area (Å²) >= 11 is 3.59. The first-order valence-corrected chi connectivity index (χ1v) is 8.30. The second kappa shape index (κ2) is 9.41. The van der Waals surface area contributed by atoms with Gasteiger partial charge in [-0.25, -0.2) is 0 Å². The van der Waals surface area contributed by atoms with Gasteiger partial charge in [0.25, 0.3) is 0 Å². The normalized spacial score (nSPS) is 14.4. The Bertz CT molecular complexity index is 424. The molecule has 1 saturated carbocycles. The standard InChI is InChI=1S/C16H24BrNO3/c1-19-7-2-8-20-9-10-21-15-5-6-16(17)13(11-15)12-18-14-3-4-14/h5-6,11,14,18H,2-4,7-10,12H2,1H3. The smallest absolute Gasteiger partial charge is 0.119 e. The molecule has 0 unspecified atom stereocenters. The van der Waals surface area contributed by atoms with Crippen molar-refractivity contribution in [1.82, 2.24) is 5.32 Å². The molecule has 0 radical (unpaired) electrons. The second-order valence-electron chi connectivity index (χ2n) is 5.22. The minimum Gasteiger partial charge on any atom is -0.491 e. The van der Waals surface area contributed by atoms with Crippen LogP contribution in [-0.4, -0.2) is 39.6 Å². The predicted molar refractivity (Wildman–Crippen MR) is 86.8 cm³/mol. The molecule has 5 heteroatoms. The molecule has 0 spiro atoms. The van der Waals surface area contributed by atoms with E-state index in [9.17, 15) is 0 Å². The number of ether oxygens (including phenoxy) is 3. The van der Waals surface area contributed by atoms with Crippen LogP contribution in [0.4, 0.5) is 0 Å². The summed E-state index contributed by atoms with van der Waals surface area (Å²) in [5.74, 6) is 0.895. The van der Waals surface area contributed by atoms with Gasteiger partial charge < -0.3 is 19.5 Å². The third-order valence-corrected chi connectivity index (χ3v) is 4.08. The molecule has 0 saturated heterocycles. The summed E-state index contributed by atoms with van der Waals surface area (Å²) in [6.07, 6.45) is 3.52. The molecule has 1 aromatic rings. The van der Waals surface area contributed by atoms with Crippen LogP contribution in [0.15, 0.2) is 22.7 Å². The molecule has 0 heterocycles. The van der Waals surface area contributed by atoms with Crippen molar-refractivity contribution in [2.24, 2.45) is 0 Å². The van der Waals surface area contributed by atoms with Gasteiger partial charge in [0.1, 0.15) is 12.4 Å². The Labute approximate surface area is 135 Å². The SMILES string of the molecule is COCCCOCCOc1ccc(Br)c(CNC2CC2)c1. The lowest BCUT2D eigenvalue weighted by Crippen LogP contribution is -2.15. The van der Waals surface area contributed by atoms with Gasteiger partial charge in [0.05, 0.1) is 6.61 Å². The fourth-order valence-corrected chi connectivity index (χ4v) is 2.33. The molecular weight excluding hydrogens is 334 g/mol. The van der Waals surface area contributed by atoms with E-state index in [1.54, 1.807) is 7.11 Å². The van der Waals surface area contributed by atoms with E-state index < -0.39 is 0 Å². The first-order valence-electron chi connectivity index (χ1n) is 7.51. The van der Waals surface area contributed by atoms with Gasteiger partial charge in [-0.15, -0.1) is 0 Å². The summed E-state index contributed by atoms with van der Waals surface area (Å²) in [6.45, 7) is 3.52. The average molecular weight is 358 g/mol. The van der Waals surface area contributed by atoms with E-state index in [-0.39, 0.29) is 0 Å². The van der Waals surface area contributed by atoms with E-state index in [1.807, 2.05) is 12.1 Å². The molecule has 0 amide bonds. The predicted octanol–water partition coefficient (Wildman–Crippen LogP) is 3.13. The fraction of sp³-hybridized carbons (Fsp3) is 0.625. The van der Waals surface area contributed by atoms with Crippen molar-refractivity contribution >= 4 is 15.9 Å². The Morgan fingerprint density at radius 3 is 2.81 bits per heavy atom. The van der Waals surface area contributed by atoms with E-state index in [0.717, 1.165) is 29.8 Å². The number of methoxy groups -OCH3 is 1. The zero-order valence-electron chi connectivity index (χ0n) is 12.6. The van der Waals surface area contributed by atoms with Crippen molar-refractivity contribution in [2.45, 2.75) is 31.8 Å². The van der Waals surface area contributed by atoms with Gasteiger partial charge in [-0.1, -0.05) is 15.9 Å². The summed E-state index contributed by atoms with van der Waals surface area (Å²) < 4.78 is 17.3. The summed E-state index contributed by atoms with van der Waals surface area (Å²) in [6, 6.07) is 6.82. The number of hydrogen-bond donors (Lipinski definition) is 1. The molecule has 1 aliphatic rings. The minimum absolute atomic E-state index is 0.574. The summed E-state index contributed by atoms with van der Waals surface area (Å²) in [5.41, 5.74) is 1.24. The average Bonchev–Trinajstić information content (AvgIpc) is 3.31. The van der Waals surface area contributed by atoms with Crippen molar-refractivity contribution in [3.05, 3.63) is 28.2 Å². The lowest BCUT2D eigenvalue weighted by atomic mass is 10.2. The van der Waals surface area contributed by atoms with Crippen LogP contribution in [0.25, 0.3) is 0 Å². The number of hydrogen-bond acceptors (Lipinski definition) is 4. The van der Waals surface area contributed by atoms with Gasteiger partial charge in [0, 0.05) is 37.4 Å². The Morgan fingerprint density at radius 1 is 1.19 bits per heavy atom. The van der Waals surface area contributed by atoms with Crippen molar-refractivity contribution in [3.8, 4) is 5.75 Å². The van der Waals surface area contributed by atoms with Gasteiger partial charge in [0.2, 0.25) is 0 Å². The highest BCUT2D eigenvalue weighted by atomic mass is 79.9. The Hall–Kier alpha value is -0.620. The van der Waals surface area contributed by atoms with Crippen LogP contribution in [-0.2, 0) is 16.0 Å². The van der Waals surface area contributed by atoms with Crippen LogP contribution in [0.3, 0.4) is 0 Å². The van der Waals surface area contributed by atoms with Crippen LogP contribution in [0.1, 0.15) is 24.8 Å². The molecule has 2 rings (SSSR count). The molecule has 0 atom stereocenters. The third-order valence-electron chi connectivity index (χ3n) is 3.31. The Morgan fingerprint density at radius 2 is 2.05 bits per heavy atom. The first-order chi connectivity index (χ1) is 10.3. The molecule has 0 aromatic heterocycles. The van der Waals surface area contributed by atoms with E-state index in [1.165, 1.54) is 18.4 Å². The molecule has 0 bridgehead atoms. The van der Waals surface area contributed by atoms with Gasteiger partial charge in [0.15, 0.2) is 0 Å². The molecule has 1 fully saturated rings. The monoisotopic (exact) mass is 357 g/mol. The second-order valence-corrected chi connectivity index (χ2v) is 6.07. The lowest BCUT2D eigenvalue weighted by Gasteiger charge is -2.11. The zero-order chi connectivity index (χ0) is 14.9. The first kappa shape index (κ1) is 16.7. The molecule has 1 aliphatic carbocycles. The Balaban J connectivity index is 1.66. The zero-order valence-corrected chi connectivity index (χ0v) is 14.2. The molecule has 4 nitrogen and oxygen atoms in total. The Kier molecular flexibility index (Phi) is 7.50. The fourth-order valence-electron chi connectivity index (χ4n) is 1.94. The van der Waals surface area contributed by atoms with Crippen LogP contribution < -0.4 is 10.1 Å². The van der Waals surface area contributed by atoms with E-state index in [4.69, 9.17) is 14.2 Å². The number of nitrogens with one attached hydrogen (secondary N) is 1. The minimum atomic E-state index is 0.574. The largest absolute Gasteiger partial charge is 0.491 e. The van der Waals surface area contributed by atoms with Crippen molar-refractivity contribution < 1.29 is 14.2 Å². The third kappa shape index (κ3) is 6.78. The highest BCUT2D eigenvalue weighted by Crippen LogP contribution is 2.25. The van der Waals surface area contributed by atoms with E-state index >= 15 is 0 Å². The van der Waals surface area contributed by atoms with E-state index in [2.05, 4.69) is 27.3 Å². The van der Waals surface area contributed by atoms with Crippen molar-refractivity contribution in [3.63, 3.8) is 0 Å². The topological polar surface area (TPSA) is 39.7 Å². The van der Waals surface area contributed by atoms with Gasteiger partial charge in [-0.2, -0.15) is 0 Å². The van der Waals surface area contributed by atoms with E-state index in [0.29, 0.717) is 25.9 Å². The van der Waals surface area contributed by atoms with Crippen LogP contribution in [0.5, 0.6) is 5.75 Å². The number of halogens is 1. The maximum atomic E-state index is 5.73. The molecule has 1 aromatic carbocycles. The summed E-state index contributed by atoms with van der Waals surface area (Å²) in [4.78, 5) is 0. The van der Waals surface area contributed by atoms with Crippen LogP contribution in [0, 0.1) is 0 Å². The number of rotatable bonds is 11. The van der Waals surface area contributed by atoms with Crippen LogP contribution in [0.2, 0.25) is 0 Å². The molecule has 118 valence electrons. The maximum Gasteiger partial charge on any atom is 0.119 e. The maximum absolute atomic E-state index is 5.73. The van der Waals surface area contributed by atoms with Gasteiger partial charge in [-0.05, 0) is 43.0 Å². The molecule has 1 N–H and O–H groups in total. The molecular formula is C16H24BrNO3. The molecule has 21 heavy (non-hydrogen) atoms. The summed E-state index contributed by atoms with van der Waals surface area (Å²) in [7, 11) is 1.70. The highest BCUT2D eigenvalue weighted by molar-refractivity contribution is 9.10. The van der Waals surface area contributed by atoms with Crippen molar-refractivity contribution in [1.29, 1.82) is 0 Å². The summed E-state index contributed by atoms with van der Waals surface area (Å²) in [5, 5.41) is 3.51. The van der Waals surface area contributed by atoms with Gasteiger partial charge >= 0.3 is 0 Å². The lowest BCUT2D eigenvalue weighted by molar-refractivity contribution is 0.0806. The van der Waals surface area contributed by atoms with Gasteiger partial charge in [-0.3, -0.25) is 0 Å². The number of benzene rings is 1.